The first kappa shape index (κ1) is 11.9. The largest absolute Gasteiger partial charge is 0.390 e. The maximum absolute atomic E-state index is 11.7. The molecule has 0 fully saturated rings. The van der Waals surface area contributed by atoms with Crippen molar-refractivity contribution in [2.45, 2.75) is 32.4 Å². The monoisotopic (exact) mass is 231 g/mol. The van der Waals surface area contributed by atoms with E-state index in [9.17, 15) is 9.90 Å². The lowest BCUT2D eigenvalue weighted by molar-refractivity contribution is -0.118. The van der Waals surface area contributed by atoms with E-state index >= 15 is 0 Å². The first-order chi connectivity index (χ1) is 8.08. The van der Waals surface area contributed by atoms with Gasteiger partial charge in [0.05, 0.1) is 12.1 Å². The first-order valence-corrected chi connectivity index (χ1v) is 5.79. The standard InChI is InChI=1S/C14H17NO2/c1-9(2)7-13(17)15-14-11-6-4-3-5-10(11)8-12(14)16/h3-7,12,14,16H,8H2,1-2H3,(H,15,17)/t12-,14+/m1/s1. The second kappa shape index (κ2) is 4.72. The average molecular weight is 231 g/mol. The van der Waals surface area contributed by atoms with Crippen LogP contribution >= 0.6 is 0 Å². The molecule has 3 nitrogen and oxygen atoms in total. The fourth-order valence-corrected chi connectivity index (χ4v) is 2.20. The summed E-state index contributed by atoms with van der Waals surface area (Å²) in [4.78, 5) is 11.7. The van der Waals surface area contributed by atoms with E-state index in [-0.39, 0.29) is 11.9 Å². The van der Waals surface area contributed by atoms with Gasteiger partial charge in [-0.15, -0.1) is 0 Å². The summed E-state index contributed by atoms with van der Waals surface area (Å²) in [5, 5.41) is 12.8. The molecule has 0 spiro atoms. The lowest BCUT2D eigenvalue weighted by Crippen LogP contribution is -2.32. The van der Waals surface area contributed by atoms with Gasteiger partial charge in [0, 0.05) is 12.5 Å². The molecule has 0 saturated heterocycles. The van der Waals surface area contributed by atoms with E-state index in [0.717, 1.165) is 16.7 Å². The molecule has 0 bridgehead atoms. The van der Waals surface area contributed by atoms with Crippen molar-refractivity contribution in [2.75, 3.05) is 0 Å². The van der Waals surface area contributed by atoms with Crippen LogP contribution in [0.2, 0.25) is 0 Å². The minimum absolute atomic E-state index is 0.147. The van der Waals surface area contributed by atoms with Gasteiger partial charge in [0.2, 0.25) is 5.91 Å². The highest BCUT2D eigenvalue weighted by Crippen LogP contribution is 2.31. The van der Waals surface area contributed by atoms with Crippen molar-refractivity contribution in [1.29, 1.82) is 0 Å². The van der Waals surface area contributed by atoms with Gasteiger partial charge >= 0.3 is 0 Å². The molecular formula is C14H17NO2. The summed E-state index contributed by atoms with van der Waals surface area (Å²) in [5.41, 5.74) is 3.08. The number of hydrogen-bond donors (Lipinski definition) is 2. The summed E-state index contributed by atoms with van der Waals surface area (Å²) in [5.74, 6) is -0.147. The highest BCUT2D eigenvalue weighted by molar-refractivity contribution is 5.88. The molecule has 1 aliphatic carbocycles. The van der Waals surface area contributed by atoms with Crippen molar-refractivity contribution < 1.29 is 9.90 Å². The number of rotatable bonds is 2. The lowest BCUT2D eigenvalue weighted by Gasteiger charge is -2.16. The molecule has 0 saturated carbocycles. The van der Waals surface area contributed by atoms with Crippen molar-refractivity contribution in [1.82, 2.24) is 5.32 Å². The molecule has 0 aromatic heterocycles. The Balaban J connectivity index is 2.17. The van der Waals surface area contributed by atoms with Crippen LogP contribution in [0.25, 0.3) is 0 Å². The van der Waals surface area contributed by atoms with Gasteiger partial charge in [0.15, 0.2) is 0 Å². The molecule has 2 N–H and O–H groups in total. The van der Waals surface area contributed by atoms with Crippen LogP contribution in [0, 0.1) is 0 Å². The zero-order valence-corrected chi connectivity index (χ0v) is 10.1. The SMILES string of the molecule is CC(C)=CC(=O)N[C@H]1c2ccccc2C[C@H]1O. The summed E-state index contributed by atoms with van der Waals surface area (Å²) < 4.78 is 0. The topological polar surface area (TPSA) is 49.3 Å². The highest BCUT2D eigenvalue weighted by atomic mass is 16.3. The summed E-state index contributed by atoms with van der Waals surface area (Å²) in [6.07, 6.45) is 1.63. The second-order valence-electron chi connectivity index (χ2n) is 4.68. The minimum atomic E-state index is -0.526. The van der Waals surface area contributed by atoms with Crippen LogP contribution in [-0.2, 0) is 11.2 Å². The predicted molar refractivity (Wildman–Crippen MR) is 66.5 cm³/mol. The number of carbonyl (C=O) groups excluding carboxylic acids is 1. The Morgan fingerprint density at radius 2 is 2.12 bits per heavy atom. The van der Waals surface area contributed by atoms with Crippen molar-refractivity contribution >= 4 is 5.91 Å². The summed E-state index contributed by atoms with van der Waals surface area (Å²) in [6, 6.07) is 7.54. The van der Waals surface area contributed by atoms with E-state index in [0.29, 0.717) is 6.42 Å². The number of hydrogen-bond acceptors (Lipinski definition) is 2. The molecule has 1 amide bonds. The second-order valence-corrected chi connectivity index (χ2v) is 4.68. The van der Waals surface area contributed by atoms with Gasteiger partial charge in [-0.3, -0.25) is 4.79 Å². The Hall–Kier alpha value is -1.61. The number of nitrogens with one attached hydrogen (secondary N) is 1. The van der Waals surface area contributed by atoms with Gasteiger partial charge in [-0.2, -0.15) is 0 Å². The maximum Gasteiger partial charge on any atom is 0.244 e. The molecule has 1 aliphatic rings. The van der Waals surface area contributed by atoms with Gasteiger partial charge in [-0.25, -0.2) is 0 Å². The molecule has 2 atom stereocenters. The molecule has 3 heteroatoms. The van der Waals surface area contributed by atoms with Gasteiger partial charge in [0.1, 0.15) is 0 Å². The Morgan fingerprint density at radius 3 is 2.82 bits per heavy atom. The Labute approximate surface area is 101 Å². The Kier molecular flexibility index (Phi) is 3.29. The van der Waals surface area contributed by atoms with Crippen molar-refractivity contribution in [3.05, 3.63) is 47.0 Å². The number of benzene rings is 1. The van der Waals surface area contributed by atoms with E-state index in [1.165, 1.54) is 0 Å². The van der Waals surface area contributed by atoms with Crippen LogP contribution < -0.4 is 5.32 Å². The van der Waals surface area contributed by atoms with Gasteiger partial charge in [-0.1, -0.05) is 29.8 Å². The van der Waals surface area contributed by atoms with Crippen LogP contribution in [0.3, 0.4) is 0 Å². The summed E-state index contributed by atoms with van der Waals surface area (Å²) in [7, 11) is 0. The average Bonchev–Trinajstić information content (AvgIpc) is 2.55. The molecular weight excluding hydrogens is 214 g/mol. The van der Waals surface area contributed by atoms with Crippen LogP contribution in [0.1, 0.15) is 31.0 Å². The van der Waals surface area contributed by atoms with Crippen LogP contribution in [0.15, 0.2) is 35.9 Å². The molecule has 0 unspecified atom stereocenters. The third-order valence-electron chi connectivity index (χ3n) is 2.92. The van der Waals surface area contributed by atoms with Gasteiger partial charge in [0.25, 0.3) is 0 Å². The van der Waals surface area contributed by atoms with Crippen LogP contribution in [-0.4, -0.2) is 17.1 Å². The minimum Gasteiger partial charge on any atom is -0.390 e. The predicted octanol–water partition coefficient (Wildman–Crippen LogP) is 1.73. The fourth-order valence-electron chi connectivity index (χ4n) is 2.20. The Bertz CT molecular complexity index is 461. The van der Waals surface area contributed by atoms with E-state index in [1.807, 2.05) is 38.1 Å². The molecule has 1 aromatic rings. The smallest absolute Gasteiger partial charge is 0.244 e. The Morgan fingerprint density at radius 1 is 1.41 bits per heavy atom. The highest BCUT2D eigenvalue weighted by Gasteiger charge is 2.31. The third-order valence-corrected chi connectivity index (χ3v) is 2.92. The number of amides is 1. The molecule has 0 heterocycles. The number of aliphatic hydroxyl groups is 1. The van der Waals surface area contributed by atoms with Gasteiger partial charge in [-0.05, 0) is 25.0 Å². The molecule has 0 aliphatic heterocycles. The van der Waals surface area contributed by atoms with E-state index in [2.05, 4.69) is 5.32 Å². The quantitative estimate of drug-likeness (QED) is 0.761. The zero-order valence-electron chi connectivity index (χ0n) is 10.1. The molecule has 1 aromatic carbocycles. The van der Waals surface area contributed by atoms with E-state index in [1.54, 1.807) is 6.08 Å². The van der Waals surface area contributed by atoms with Crippen molar-refractivity contribution in [3.63, 3.8) is 0 Å². The van der Waals surface area contributed by atoms with Crippen LogP contribution in [0.5, 0.6) is 0 Å². The summed E-state index contributed by atoms with van der Waals surface area (Å²) >= 11 is 0. The maximum atomic E-state index is 11.7. The zero-order chi connectivity index (χ0) is 12.4. The van der Waals surface area contributed by atoms with Crippen molar-refractivity contribution in [3.8, 4) is 0 Å². The number of aliphatic hydroxyl groups excluding tert-OH is 1. The van der Waals surface area contributed by atoms with Gasteiger partial charge < -0.3 is 10.4 Å². The number of fused-ring (bicyclic) bond motifs is 1. The molecule has 0 radical (unpaired) electrons. The van der Waals surface area contributed by atoms with E-state index in [4.69, 9.17) is 0 Å². The number of carbonyl (C=O) groups is 1. The fraction of sp³-hybridized carbons (Fsp3) is 0.357. The molecule has 90 valence electrons. The van der Waals surface area contributed by atoms with Crippen LogP contribution in [0.4, 0.5) is 0 Å². The third kappa shape index (κ3) is 2.56. The summed E-state index contributed by atoms with van der Waals surface area (Å²) in [6.45, 7) is 3.75. The lowest BCUT2D eigenvalue weighted by atomic mass is 10.1. The molecule has 2 rings (SSSR count). The molecule has 17 heavy (non-hydrogen) atoms. The first-order valence-electron chi connectivity index (χ1n) is 5.79. The normalized spacial score (nSPS) is 21.8. The van der Waals surface area contributed by atoms with E-state index < -0.39 is 6.10 Å². The number of allylic oxidation sites excluding steroid dienone is 1. The van der Waals surface area contributed by atoms with Crippen molar-refractivity contribution in [2.24, 2.45) is 0 Å².